The SMILES string of the molecule is C[N@@+]12C=CC=C1[C@@H](N1CCCC1)c1scc(-c3ccc(Br)cc3)c12. The molecular weight excluding hydrogens is 380 g/mol. The number of nitrogens with zero attached hydrogens (tertiary/aromatic N) is 2. The van der Waals surface area contributed by atoms with Crippen LogP contribution in [0.2, 0.25) is 0 Å². The van der Waals surface area contributed by atoms with E-state index < -0.39 is 0 Å². The molecule has 2 nitrogen and oxygen atoms in total. The third-order valence-electron chi connectivity index (χ3n) is 5.63. The lowest BCUT2D eigenvalue weighted by molar-refractivity contribution is 0.270. The van der Waals surface area contributed by atoms with Crippen molar-refractivity contribution in [3.05, 3.63) is 63.0 Å². The van der Waals surface area contributed by atoms with Crippen LogP contribution in [0, 0.1) is 0 Å². The van der Waals surface area contributed by atoms with Gasteiger partial charge in [0, 0.05) is 15.9 Å². The Morgan fingerprint density at radius 3 is 2.67 bits per heavy atom. The number of rotatable bonds is 2. The van der Waals surface area contributed by atoms with Gasteiger partial charge in [-0.25, -0.2) is 4.48 Å². The first-order valence-corrected chi connectivity index (χ1v) is 10.2. The summed E-state index contributed by atoms with van der Waals surface area (Å²) in [4.78, 5) is 4.23. The molecule has 4 heteroatoms. The number of allylic oxidation sites excluding steroid dienone is 2. The molecule has 24 heavy (non-hydrogen) atoms. The predicted molar refractivity (Wildman–Crippen MR) is 106 cm³/mol. The van der Waals surface area contributed by atoms with E-state index in [9.17, 15) is 0 Å². The van der Waals surface area contributed by atoms with Gasteiger partial charge in [0.15, 0.2) is 5.69 Å². The highest BCUT2D eigenvalue weighted by Crippen LogP contribution is 2.58. The Bertz CT molecular complexity index is 858. The van der Waals surface area contributed by atoms with Crippen LogP contribution in [0.4, 0.5) is 5.69 Å². The Morgan fingerprint density at radius 1 is 1.17 bits per heavy atom. The lowest BCUT2D eigenvalue weighted by atomic mass is 10.1. The number of likely N-dealkylation sites (tertiary alicyclic amines) is 1. The molecule has 4 heterocycles. The van der Waals surface area contributed by atoms with Gasteiger partial charge < -0.3 is 0 Å². The third kappa shape index (κ3) is 2.00. The van der Waals surface area contributed by atoms with Crippen LogP contribution >= 0.6 is 27.3 Å². The standard InChI is InChI=1S/C20H20BrN2S/c1-23-12-4-5-17(23)18(22-10-2-3-11-22)20-19(23)16(13-24-20)14-6-8-15(21)9-7-14/h4-9,12-13,18H,2-3,10-11H2,1H3/q+1/t18-,23-/m1/s1. The molecule has 0 saturated carbocycles. The second kappa shape index (κ2) is 5.40. The summed E-state index contributed by atoms with van der Waals surface area (Å²) in [5.41, 5.74) is 5.72. The third-order valence-corrected chi connectivity index (χ3v) is 7.19. The van der Waals surface area contributed by atoms with E-state index in [-0.39, 0.29) is 0 Å². The molecule has 0 N–H and O–H groups in total. The summed E-state index contributed by atoms with van der Waals surface area (Å²) in [5.74, 6) is 0. The molecule has 3 aliphatic rings. The molecule has 5 rings (SSSR count). The van der Waals surface area contributed by atoms with Crippen molar-refractivity contribution in [3.63, 3.8) is 0 Å². The maximum absolute atomic E-state index is 3.55. The fourth-order valence-electron chi connectivity index (χ4n) is 4.46. The Morgan fingerprint density at radius 2 is 1.92 bits per heavy atom. The van der Waals surface area contributed by atoms with Crippen LogP contribution < -0.4 is 4.48 Å². The molecule has 0 bridgehead atoms. The van der Waals surface area contributed by atoms with Crippen LogP contribution in [0.25, 0.3) is 11.1 Å². The number of hydrogen-bond acceptors (Lipinski definition) is 2. The topological polar surface area (TPSA) is 3.24 Å². The minimum atomic E-state index is 0.469. The van der Waals surface area contributed by atoms with E-state index in [0.717, 1.165) is 8.96 Å². The Labute approximate surface area is 155 Å². The summed E-state index contributed by atoms with van der Waals surface area (Å²) in [6, 6.07) is 9.21. The minimum absolute atomic E-state index is 0.469. The van der Waals surface area contributed by atoms with E-state index in [1.165, 1.54) is 48.4 Å². The molecule has 1 aromatic carbocycles. The summed E-state index contributed by atoms with van der Waals surface area (Å²) in [5, 5.41) is 2.36. The van der Waals surface area contributed by atoms with Gasteiger partial charge in [0.1, 0.15) is 17.9 Å². The molecule has 0 aliphatic carbocycles. The summed E-state index contributed by atoms with van der Waals surface area (Å²) in [6.07, 6.45) is 9.60. The van der Waals surface area contributed by atoms with Gasteiger partial charge in [-0.05, 0) is 49.7 Å². The zero-order valence-corrected chi connectivity index (χ0v) is 16.1. The highest BCUT2D eigenvalue weighted by molar-refractivity contribution is 9.10. The molecule has 2 aromatic rings. The molecule has 3 aliphatic heterocycles. The van der Waals surface area contributed by atoms with Crippen LogP contribution in [0.3, 0.4) is 0 Å². The fraction of sp³-hybridized carbons (Fsp3) is 0.300. The Kier molecular flexibility index (Phi) is 3.39. The first-order chi connectivity index (χ1) is 11.7. The molecule has 1 fully saturated rings. The Hall–Kier alpha value is -1.20. The van der Waals surface area contributed by atoms with Gasteiger partial charge in [0.25, 0.3) is 0 Å². The second-order valence-electron chi connectivity index (χ2n) is 7.02. The smallest absolute Gasteiger partial charge is 0.166 e. The second-order valence-corrected chi connectivity index (χ2v) is 8.85. The quantitative estimate of drug-likeness (QED) is 0.587. The van der Waals surface area contributed by atoms with E-state index in [2.05, 4.69) is 75.9 Å². The monoisotopic (exact) mass is 399 g/mol. The molecule has 0 unspecified atom stereocenters. The molecule has 0 amide bonds. The van der Waals surface area contributed by atoms with Crippen molar-refractivity contribution in [2.24, 2.45) is 0 Å². The number of benzene rings is 1. The van der Waals surface area contributed by atoms with Crippen LogP contribution in [0.15, 0.2) is 58.2 Å². The van der Waals surface area contributed by atoms with Crippen molar-refractivity contribution in [2.75, 3.05) is 20.1 Å². The van der Waals surface area contributed by atoms with E-state index in [1.807, 2.05) is 11.3 Å². The number of thiophene rings is 1. The van der Waals surface area contributed by atoms with Crippen molar-refractivity contribution in [2.45, 2.75) is 18.9 Å². The number of hydrogen-bond donors (Lipinski definition) is 0. The first kappa shape index (κ1) is 15.1. The molecular formula is C20H20BrN2S+. The van der Waals surface area contributed by atoms with Gasteiger partial charge in [0.2, 0.25) is 0 Å². The highest BCUT2D eigenvalue weighted by Gasteiger charge is 2.52. The summed E-state index contributed by atoms with van der Waals surface area (Å²) >= 11 is 5.50. The number of likely N-dealkylation sites (N-methyl/N-ethyl adjacent to an activating group) is 1. The van der Waals surface area contributed by atoms with Crippen LogP contribution in [-0.2, 0) is 0 Å². The minimum Gasteiger partial charge on any atom is -0.287 e. The lowest BCUT2D eigenvalue weighted by Gasteiger charge is -2.28. The molecule has 2 atom stereocenters. The fourth-order valence-corrected chi connectivity index (χ4v) is 6.03. The summed E-state index contributed by atoms with van der Waals surface area (Å²) in [6.45, 7) is 2.46. The van der Waals surface area contributed by atoms with Crippen LogP contribution in [0.5, 0.6) is 0 Å². The average Bonchev–Trinajstić information content (AvgIpc) is 3.31. The van der Waals surface area contributed by atoms with E-state index in [4.69, 9.17) is 0 Å². The van der Waals surface area contributed by atoms with Gasteiger partial charge >= 0.3 is 0 Å². The lowest BCUT2D eigenvalue weighted by Crippen LogP contribution is -2.37. The van der Waals surface area contributed by atoms with E-state index in [1.54, 1.807) is 4.88 Å². The largest absolute Gasteiger partial charge is 0.287 e. The van der Waals surface area contributed by atoms with E-state index >= 15 is 0 Å². The molecule has 0 spiro atoms. The normalized spacial score (nSPS) is 28.2. The number of quaternary nitrogens is 1. The molecule has 1 aromatic heterocycles. The maximum Gasteiger partial charge on any atom is 0.166 e. The molecule has 0 radical (unpaired) electrons. The summed E-state index contributed by atoms with van der Waals surface area (Å²) < 4.78 is 1.99. The van der Waals surface area contributed by atoms with Crippen molar-refractivity contribution in [1.29, 1.82) is 0 Å². The zero-order chi connectivity index (χ0) is 16.3. The van der Waals surface area contributed by atoms with Gasteiger partial charge in [-0.2, -0.15) is 0 Å². The van der Waals surface area contributed by atoms with Gasteiger partial charge in [0.05, 0.1) is 17.5 Å². The van der Waals surface area contributed by atoms with Gasteiger partial charge in [-0.15, -0.1) is 11.3 Å². The van der Waals surface area contributed by atoms with Crippen LogP contribution in [-0.4, -0.2) is 25.0 Å². The van der Waals surface area contributed by atoms with Crippen molar-refractivity contribution in [1.82, 2.24) is 9.38 Å². The summed E-state index contributed by atoms with van der Waals surface area (Å²) in [7, 11) is 2.35. The zero-order valence-electron chi connectivity index (χ0n) is 13.7. The molecule has 1 saturated heterocycles. The highest BCUT2D eigenvalue weighted by atomic mass is 79.9. The van der Waals surface area contributed by atoms with Crippen molar-refractivity contribution in [3.8, 4) is 11.1 Å². The first-order valence-electron chi connectivity index (χ1n) is 8.56. The Balaban J connectivity index is 1.68. The van der Waals surface area contributed by atoms with Crippen molar-refractivity contribution >= 4 is 33.0 Å². The maximum atomic E-state index is 3.55. The average molecular weight is 400 g/mol. The number of fused-ring (bicyclic) bond motifs is 3. The predicted octanol–water partition coefficient (Wildman–Crippen LogP) is 5.68. The van der Waals surface area contributed by atoms with E-state index in [0.29, 0.717) is 6.04 Å². The van der Waals surface area contributed by atoms with Crippen molar-refractivity contribution < 1.29 is 0 Å². The van der Waals surface area contributed by atoms with Crippen LogP contribution in [0.1, 0.15) is 23.8 Å². The van der Waals surface area contributed by atoms with Gasteiger partial charge in [-0.1, -0.05) is 28.1 Å². The van der Waals surface area contributed by atoms with Gasteiger partial charge in [-0.3, -0.25) is 4.90 Å². The number of halogens is 1. The molecule has 122 valence electrons.